The number of carboxylic acids is 1. The number of ether oxygens (including phenoxy) is 1. The molecule has 0 aromatic carbocycles. The Bertz CT molecular complexity index is 356. The molecule has 2 amide bonds. The smallest absolute Gasteiger partial charge is 0.328 e. The summed E-state index contributed by atoms with van der Waals surface area (Å²) in [5.74, 6) is -1.94. The van der Waals surface area contributed by atoms with Crippen molar-refractivity contribution in [3.8, 4) is 0 Å². The fourth-order valence-corrected chi connectivity index (χ4v) is 1.44. The van der Waals surface area contributed by atoms with Gasteiger partial charge in [-0.3, -0.25) is 4.79 Å². The molecule has 0 saturated carbocycles. The van der Waals surface area contributed by atoms with Crippen molar-refractivity contribution in [1.82, 2.24) is 10.2 Å². The molecule has 0 aliphatic carbocycles. The van der Waals surface area contributed by atoms with Gasteiger partial charge in [0.05, 0.1) is 12.7 Å². The van der Waals surface area contributed by atoms with Crippen LogP contribution < -0.4 is 5.32 Å². The first kappa shape index (κ1) is 18.2. The van der Waals surface area contributed by atoms with Crippen LogP contribution in [0, 0.1) is 0 Å². The molecule has 0 bridgehead atoms. The maximum Gasteiger partial charge on any atom is 0.328 e. The van der Waals surface area contributed by atoms with Crippen molar-refractivity contribution in [1.29, 1.82) is 0 Å². The molecule has 0 aliphatic rings. The number of carbonyl (C=O) groups is 3. The van der Waals surface area contributed by atoms with E-state index in [4.69, 9.17) is 9.84 Å². The number of aliphatic hydroxyl groups excluding tert-OH is 1. The lowest BCUT2D eigenvalue weighted by Gasteiger charge is -2.28. The lowest BCUT2D eigenvalue weighted by atomic mass is 10.2. The first-order valence-corrected chi connectivity index (χ1v) is 6.34. The molecule has 0 aromatic heterocycles. The Balaban J connectivity index is 4.80. The second-order valence-electron chi connectivity index (χ2n) is 4.53. The maximum atomic E-state index is 12.0. The van der Waals surface area contributed by atoms with Gasteiger partial charge in [-0.15, -0.1) is 0 Å². The highest BCUT2D eigenvalue weighted by molar-refractivity contribution is 5.85. The Kier molecular flexibility index (Phi) is 7.60. The molecule has 20 heavy (non-hydrogen) atoms. The molecule has 8 nitrogen and oxygen atoms in total. The number of aliphatic hydroxyl groups is 1. The molecule has 0 fully saturated rings. The number of carbonyl (C=O) groups excluding carboxylic acids is 2. The van der Waals surface area contributed by atoms with Crippen molar-refractivity contribution in [3.05, 3.63) is 0 Å². The molecule has 3 N–H and O–H groups in total. The highest BCUT2D eigenvalue weighted by Crippen LogP contribution is 2.02. The molecule has 0 heterocycles. The summed E-state index contributed by atoms with van der Waals surface area (Å²) in [4.78, 5) is 35.4. The average Bonchev–Trinajstić information content (AvgIpc) is 2.31. The molecule has 0 aromatic rings. The van der Waals surface area contributed by atoms with Gasteiger partial charge in [0.2, 0.25) is 0 Å². The predicted octanol–water partition coefficient (Wildman–Crippen LogP) is -0.196. The Hall–Kier alpha value is -1.83. The van der Waals surface area contributed by atoms with Crippen LogP contribution in [0.2, 0.25) is 0 Å². The minimum absolute atomic E-state index is 0.192. The Labute approximate surface area is 117 Å². The van der Waals surface area contributed by atoms with E-state index in [2.05, 4.69) is 5.32 Å². The first-order chi connectivity index (χ1) is 9.20. The van der Waals surface area contributed by atoms with Crippen molar-refractivity contribution in [2.75, 3.05) is 13.2 Å². The second kappa shape index (κ2) is 8.36. The van der Waals surface area contributed by atoms with Gasteiger partial charge < -0.3 is 25.2 Å². The zero-order chi connectivity index (χ0) is 15.9. The highest BCUT2D eigenvalue weighted by atomic mass is 16.5. The fraction of sp³-hybridized carbons (Fsp3) is 0.750. The number of carboxylic acid groups (broad SMARTS) is 1. The van der Waals surface area contributed by atoms with E-state index in [1.54, 1.807) is 20.8 Å². The number of nitrogens with one attached hydrogen (secondary N) is 1. The quantitative estimate of drug-likeness (QED) is 0.559. The summed E-state index contributed by atoms with van der Waals surface area (Å²) in [5.41, 5.74) is 0. The average molecular weight is 290 g/mol. The molecule has 116 valence electrons. The van der Waals surface area contributed by atoms with Gasteiger partial charge in [0, 0.05) is 6.04 Å². The third-order valence-corrected chi connectivity index (χ3v) is 2.52. The van der Waals surface area contributed by atoms with Crippen LogP contribution in [0.4, 0.5) is 4.79 Å². The summed E-state index contributed by atoms with van der Waals surface area (Å²) >= 11 is 0. The van der Waals surface area contributed by atoms with Crippen LogP contribution >= 0.6 is 0 Å². The monoisotopic (exact) mass is 290 g/mol. The Morgan fingerprint density at radius 3 is 2.15 bits per heavy atom. The van der Waals surface area contributed by atoms with E-state index in [1.165, 1.54) is 6.92 Å². The van der Waals surface area contributed by atoms with Crippen LogP contribution in [0.5, 0.6) is 0 Å². The number of hydrogen-bond acceptors (Lipinski definition) is 5. The van der Waals surface area contributed by atoms with Crippen molar-refractivity contribution in [2.24, 2.45) is 0 Å². The van der Waals surface area contributed by atoms with Gasteiger partial charge in [-0.2, -0.15) is 0 Å². The Morgan fingerprint density at radius 2 is 1.80 bits per heavy atom. The van der Waals surface area contributed by atoms with E-state index >= 15 is 0 Å². The maximum absolute atomic E-state index is 12.0. The summed E-state index contributed by atoms with van der Waals surface area (Å²) in [6.45, 7) is 6.16. The fourth-order valence-electron chi connectivity index (χ4n) is 1.44. The largest absolute Gasteiger partial charge is 0.480 e. The van der Waals surface area contributed by atoms with Gasteiger partial charge in [-0.05, 0) is 27.7 Å². The minimum Gasteiger partial charge on any atom is -0.480 e. The van der Waals surface area contributed by atoms with E-state index < -0.39 is 30.1 Å². The summed E-state index contributed by atoms with van der Waals surface area (Å²) in [7, 11) is 0. The van der Waals surface area contributed by atoms with Crippen molar-refractivity contribution in [3.63, 3.8) is 0 Å². The third-order valence-electron chi connectivity index (χ3n) is 2.52. The molecular weight excluding hydrogens is 268 g/mol. The SMILES string of the molecule is CCOC(=O)CN(C(=O)N[C@H](C(=O)O)[C@@H](C)O)C(C)C. The van der Waals surface area contributed by atoms with Gasteiger partial charge in [0.25, 0.3) is 0 Å². The third kappa shape index (κ3) is 5.87. The highest BCUT2D eigenvalue weighted by Gasteiger charge is 2.29. The lowest BCUT2D eigenvalue weighted by Crippen LogP contribution is -2.54. The number of hydrogen-bond donors (Lipinski definition) is 3. The van der Waals surface area contributed by atoms with Crippen LogP contribution in [0.25, 0.3) is 0 Å². The van der Waals surface area contributed by atoms with Crippen LogP contribution in [-0.4, -0.2) is 64.4 Å². The zero-order valence-electron chi connectivity index (χ0n) is 12.1. The number of nitrogens with zero attached hydrogens (tertiary/aromatic N) is 1. The van der Waals surface area contributed by atoms with Crippen LogP contribution in [0.3, 0.4) is 0 Å². The summed E-state index contributed by atoms with van der Waals surface area (Å²) in [6, 6.07) is -2.52. The minimum atomic E-state index is -1.44. The topological polar surface area (TPSA) is 116 Å². The van der Waals surface area contributed by atoms with E-state index in [-0.39, 0.29) is 19.2 Å². The van der Waals surface area contributed by atoms with E-state index in [9.17, 15) is 19.5 Å². The number of urea groups is 1. The molecule has 0 aliphatic heterocycles. The van der Waals surface area contributed by atoms with E-state index in [1.807, 2.05) is 0 Å². The normalized spacial score (nSPS) is 13.5. The molecular formula is C12H22N2O6. The van der Waals surface area contributed by atoms with Crippen LogP contribution in [0.15, 0.2) is 0 Å². The molecule has 0 spiro atoms. The summed E-state index contributed by atoms with van der Waals surface area (Å²) in [5, 5.41) is 20.4. The van der Waals surface area contributed by atoms with Crippen LogP contribution in [0.1, 0.15) is 27.7 Å². The molecule has 0 unspecified atom stereocenters. The van der Waals surface area contributed by atoms with Gasteiger partial charge in [-0.25, -0.2) is 9.59 Å². The zero-order valence-corrected chi connectivity index (χ0v) is 12.1. The summed E-state index contributed by atoms with van der Waals surface area (Å²) in [6.07, 6.45) is -1.26. The van der Waals surface area contributed by atoms with Gasteiger partial charge in [0.15, 0.2) is 6.04 Å². The number of rotatable bonds is 7. The van der Waals surface area contributed by atoms with Crippen molar-refractivity contribution in [2.45, 2.75) is 45.9 Å². The standard InChI is InChI=1S/C12H22N2O6/c1-5-20-9(16)6-14(7(2)3)12(19)13-10(8(4)15)11(17)18/h7-8,10,15H,5-6H2,1-4H3,(H,13,19)(H,17,18)/t8-,10+/m1/s1. The van der Waals surface area contributed by atoms with Crippen molar-refractivity contribution < 1.29 is 29.3 Å². The Morgan fingerprint density at radius 1 is 1.25 bits per heavy atom. The molecule has 0 rings (SSSR count). The van der Waals surface area contributed by atoms with E-state index in [0.29, 0.717) is 0 Å². The number of esters is 1. The molecule has 0 saturated heterocycles. The number of aliphatic carboxylic acids is 1. The van der Waals surface area contributed by atoms with Gasteiger partial charge >= 0.3 is 18.0 Å². The first-order valence-electron chi connectivity index (χ1n) is 6.34. The van der Waals surface area contributed by atoms with E-state index in [0.717, 1.165) is 4.90 Å². The molecule has 2 atom stereocenters. The molecule has 8 heteroatoms. The number of amides is 2. The lowest BCUT2D eigenvalue weighted by molar-refractivity contribution is -0.144. The summed E-state index contributed by atoms with van der Waals surface area (Å²) < 4.78 is 4.75. The predicted molar refractivity (Wildman–Crippen MR) is 70.1 cm³/mol. The molecule has 0 radical (unpaired) electrons. The van der Waals surface area contributed by atoms with Crippen LogP contribution in [-0.2, 0) is 14.3 Å². The van der Waals surface area contributed by atoms with Gasteiger partial charge in [0.1, 0.15) is 6.54 Å². The van der Waals surface area contributed by atoms with Crippen molar-refractivity contribution >= 4 is 18.0 Å². The second-order valence-corrected chi connectivity index (χ2v) is 4.53. The van der Waals surface area contributed by atoms with Gasteiger partial charge in [-0.1, -0.05) is 0 Å².